The topological polar surface area (TPSA) is 107 Å². The van der Waals surface area contributed by atoms with Gasteiger partial charge < -0.3 is 15.2 Å². The number of nitrogens with one attached hydrogen (secondary N) is 1. The number of aromatic hydroxyl groups is 1. The molecule has 1 heterocycles. The molecule has 6 heteroatoms. The van der Waals surface area contributed by atoms with Crippen molar-refractivity contribution in [2.24, 2.45) is 0 Å². The number of carbonyl (C=O) groups excluding carboxylic acids is 1. The van der Waals surface area contributed by atoms with Crippen LogP contribution in [0.5, 0.6) is 5.75 Å². The second kappa shape index (κ2) is 3.10. The Morgan fingerprint density at radius 3 is 2.62 bits per heavy atom. The van der Waals surface area contributed by atoms with Gasteiger partial charge in [0, 0.05) is 6.07 Å². The van der Waals surface area contributed by atoms with Crippen molar-refractivity contribution < 1.29 is 19.8 Å². The Morgan fingerprint density at radius 1 is 1.54 bits per heavy atom. The first-order chi connectivity index (χ1) is 6.06. The van der Waals surface area contributed by atoms with E-state index in [0.717, 1.165) is 6.07 Å². The van der Waals surface area contributed by atoms with Gasteiger partial charge in [-0.15, -0.1) is 0 Å². The van der Waals surface area contributed by atoms with Crippen molar-refractivity contribution in [3.8, 4) is 5.75 Å². The Labute approximate surface area is 71.5 Å². The quantitative estimate of drug-likeness (QED) is 0.540. The minimum Gasteiger partial charge on any atom is -0.507 e. The van der Waals surface area contributed by atoms with Gasteiger partial charge in [-0.05, 0) is 0 Å². The van der Waals surface area contributed by atoms with Crippen LogP contribution in [0.3, 0.4) is 0 Å². The highest BCUT2D eigenvalue weighted by molar-refractivity contribution is 5.96. The Bertz CT molecular complexity index is 419. The predicted molar refractivity (Wildman–Crippen MR) is 41.1 cm³/mol. The maximum absolute atomic E-state index is 10.7. The molecule has 1 rings (SSSR count). The van der Waals surface area contributed by atoms with E-state index in [1.165, 1.54) is 0 Å². The monoisotopic (exact) mass is 183 g/mol. The molecule has 0 saturated carbocycles. The van der Waals surface area contributed by atoms with E-state index in [1.807, 2.05) is 4.98 Å². The fourth-order valence-corrected chi connectivity index (χ4v) is 0.845. The first-order valence-electron chi connectivity index (χ1n) is 3.21. The highest BCUT2D eigenvalue weighted by Crippen LogP contribution is 2.13. The molecule has 0 aliphatic heterocycles. The van der Waals surface area contributed by atoms with Gasteiger partial charge in [0.1, 0.15) is 11.4 Å². The van der Waals surface area contributed by atoms with E-state index in [9.17, 15) is 14.4 Å². The molecule has 0 aliphatic rings. The standard InChI is InChI=1S/C7H5NO5/c9-2-3-4(10)1-5(11)8-6(3)7(12)13/h1-2H,(H,12,13)(H2,8,10,11). The van der Waals surface area contributed by atoms with E-state index in [-0.39, 0.29) is 6.29 Å². The first kappa shape index (κ1) is 8.98. The summed E-state index contributed by atoms with van der Waals surface area (Å²) in [4.78, 5) is 33.4. The second-order valence-corrected chi connectivity index (χ2v) is 2.23. The summed E-state index contributed by atoms with van der Waals surface area (Å²) in [6, 6.07) is 0.732. The van der Waals surface area contributed by atoms with E-state index < -0.39 is 28.5 Å². The van der Waals surface area contributed by atoms with Gasteiger partial charge in [0.2, 0.25) is 0 Å². The summed E-state index contributed by atoms with van der Waals surface area (Å²) in [5.41, 5.74) is -1.83. The molecule has 13 heavy (non-hydrogen) atoms. The number of carbonyl (C=O) groups is 2. The normalized spacial score (nSPS) is 9.54. The average molecular weight is 183 g/mol. The van der Waals surface area contributed by atoms with Gasteiger partial charge >= 0.3 is 5.97 Å². The predicted octanol–water partition coefficient (Wildman–Crippen LogP) is -0.409. The molecule has 0 spiro atoms. The Hall–Kier alpha value is -2.11. The van der Waals surface area contributed by atoms with Crippen molar-refractivity contribution in [2.75, 3.05) is 0 Å². The van der Waals surface area contributed by atoms with Crippen LogP contribution >= 0.6 is 0 Å². The SMILES string of the molecule is O=Cc1c(O)cc(=O)[nH]c1C(=O)O. The van der Waals surface area contributed by atoms with Crippen molar-refractivity contribution in [1.82, 2.24) is 4.98 Å². The van der Waals surface area contributed by atoms with Crippen LogP contribution in [0.4, 0.5) is 0 Å². The molecule has 1 aromatic rings. The minimum absolute atomic E-state index is 0.161. The van der Waals surface area contributed by atoms with Gasteiger partial charge in [0.05, 0.1) is 5.56 Å². The molecule has 1 aromatic heterocycles. The number of aldehydes is 1. The maximum Gasteiger partial charge on any atom is 0.353 e. The van der Waals surface area contributed by atoms with E-state index in [4.69, 9.17) is 10.2 Å². The summed E-state index contributed by atoms with van der Waals surface area (Å²) >= 11 is 0. The lowest BCUT2D eigenvalue weighted by atomic mass is 10.2. The van der Waals surface area contributed by atoms with Gasteiger partial charge in [-0.25, -0.2) is 4.79 Å². The summed E-state index contributed by atoms with van der Waals surface area (Å²) in [6.07, 6.45) is 0.161. The van der Waals surface area contributed by atoms with Gasteiger partial charge in [-0.1, -0.05) is 0 Å². The highest BCUT2D eigenvalue weighted by Gasteiger charge is 2.14. The second-order valence-electron chi connectivity index (χ2n) is 2.23. The van der Waals surface area contributed by atoms with Gasteiger partial charge in [-0.3, -0.25) is 9.59 Å². The summed E-state index contributed by atoms with van der Waals surface area (Å²) in [7, 11) is 0. The number of hydrogen-bond acceptors (Lipinski definition) is 4. The Kier molecular flexibility index (Phi) is 2.14. The van der Waals surface area contributed by atoms with Crippen molar-refractivity contribution in [3.63, 3.8) is 0 Å². The molecule has 0 atom stereocenters. The fourth-order valence-electron chi connectivity index (χ4n) is 0.845. The lowest BCUT2D eigenvalue weighted by molar-refractivity contribution is 0.0686. The average Bonchev–Trinajstić information content (AvgIpc) is 2.02. The number of aromatic nitrogens is 1. The molecule has 0 bridgehead atoms. The fraction of sp³-hybridized carbons (Fsp3) is 0. The number of carboxylic acids is 1. The molecule has 0 saturated heterocycles. The highest BCUT2D eigenvalue weighted by atomic mass is 16.4. The van der Waals surface area contributed by atoms with Crippen molar-refractivity contribution >= 4 is 12.3 Å². The van der Waals surface area contributed by atoms with Gasteiger partial charge in [0.25, 0.3) is 5.56 Å². The summed E-state index contributed by atoms with van der Waals surface area (Å²) in [5.74, 6) is -2.12. The van der Waals surface area contributed by atoms with Crippen LogP contribution in [0.15, 0.2) is 10.9 Å². The first-order valence-corrected chi connectivity index (χ1v) is 3.21. The minimum atomic E-state index is -1.48. The molecule has 3 N–H and O–H groups in total. The Morgan fingerprint density at radius 2 is 2.15 bits per heavy atom. The number of H-pyrrole nitrogens is 1. The van der Waals surface area contributed by atoms with Crippen LogP contribution in [0, 0.1) is 0 Å². The molecule has 6 nitrogen and oxygen atoms in total. The summed E-state index contributed by atoms with van der Waals surface area (Å²) < 4.78 is 0. The molecule has 0 unspecified atom stereocenters. The van der Waals surface area contributed by atoms with Gasteiger partial charge in [-0.2, -0.15) is 0 Å². The van der Waals surface area contributed by atoms with Crippen LogP contribution in [0.1, 0.15) is 20.8 Å². The number of hydrogen-bond donors (Lipinski definition) is 3. The number of aromatic carboxylic acids is 1. The molecule has 0 radical (unpaired) electrons. The Balaban J connectivity index is 3.56. The molecule has 0 amide bonds. The lowest BCUT2D eigenvalue weighted by Gasteiger charge is -1.99. The molecule has 0 aliphatic carbocycles. The van der Waals surface area contributed by atoms with E-state index in [2.05, 4.69) is 0 Å². The number of aromatic amines is 1. The number of pyridine rings is 1. The molecule has 68 valence electrons. The van der Waals surface area contributed by atoms with Crippen LogP contribution in [0.2, 0.25) is 0 Å². The van der Waals surface area contributed by atoms with E-state index in [0.29, 0.717) is 0 Å². The third-order valence-electron chi connectivity index (χ3n) is 1.39. The molecule has 0 aromatic carbocycles. The maximum atomic E-state index is 10.7. The van der Waals surface area contributed by atoms with Gasteiger partial charge in [0.15, 0.2) is 6.29 Å². The van der Waals surface area contributed by atoms with Crippen molar-refractivity contribution in [1.29, 1.82) is 0 Å². The molecule has 0 fully saturated rings. The van der Waals surface area contributed by atoms with Crippen LogP contribution < -0.4 is 5.56 Å². The third kappa shape index (κ3) is 1.56. The van der Waals surface area contributed by atoms with E-state index >= 15 is 0 Å². The molecular weight excluding hydrogens is 178 g/mol. The zero-order chi connectivity index (χ0) is 10.0. The number of carboxylic acid groups (broad SMARTS) is 1. The summed E-state index contributed by atoms with van der Waals surface area (Å²) in [5, 5.41) is 17.5. The number of rotatable bonds is 2. The van der Waals surface area contributed by atoms with Crippen LogP contribution in [-0.4, -0.2) is 27.5 Å². The van der Waals surface area contributed by atoms with Crippen LogP contribution in [-0.2, 0) is 0 Å². The van der Waals surface area contributed by atoms with Crippen LogP contribution in [0.25, 0.3) is 0 Å². The zero-order valence-electron chi connectivity index (χ0n) is 6.27. The zero-order valence-corrected chi connectivity index (χ0v) is 6.27. The molecular formula is C7H5NO5. The smallest absolute Gasteiger partial charge is 0.353 e. The van der Waals surface area contributed by atoms with E-state index in [1.54, 1.807) is 0 Å². The largest absolute Gasteiger partial charge is 0.507 e. The van der Waals surface area contributed by atoms with Crippen molar-refractivity contribution in [2.45, 2.75) is 0 Å². The third-order valence-corrected chi connectivity index (χ3v) is 1.39. The van der Waals surface area contributed by atoms with Crippen molar-refractivity contribution in [3.05, 3.63) is 27.7 Å². The lowest BCUT2D eigenvalue weighted by Crippen LogP contribution is -2.14. The summed E-state index contributed by atoms with van der Waals surface area (Å²) in [6.45, 7) is 0.